The fourth-order valence-electron chi connectivity index (χ4n) is 2.76. The minimum atomic E-state index is -0.491. The van der Waals surface area contributed by atoms with Crippen LogP contribution in [0, 0.1) is 17.3 Å². The second kappa shape index (κ2) is 4.48. The van der Waals surface area contributed by atoms with E-state index in [0.29, 0.717) is 24.5 Å². The predicted octanol–water partition coefficient (Wildman–Crippen LogP) is 3.18. The SMILES string of the molecule is CC(C)C(C(=O)CCC1(O)CC1)C(C)(C)C. The van der Waals surface area contributed by atoms with Gasteiger partial charge in [-0.25, -0.2) is 0 Å². The monoisotopic (exact) mass is 226 g/mol. The maximum Gasteiger partial charge on any atom is 0.136 e. The Labute approximate surface area is 99.4 Å². The number of hydrogen-bond acceptors (Lipinski definition) is 2. The normalized spacial score (nSPS) is 20.9. The highest BCUT2D eigenvalue weighted by atomic mass is 16.3. The number of carbonyl (C=O) groups is 1. The Kier molecular flexibility index (Phi) is 3.83. The molecule has 0 aromatic heterocycles. The molecule has 0 amide bonds. The smallest absolute Gasteiger partial charge is 0.136 e. The van der Waals surface area contributed by atoms with Crippen LogP contribution in [0.15, 0.2) is 0 Å². The van der Waals surface area contributed by atoms with E-state index in [-0.39, 0.29) is 11.3 Å². The average Bonchev–Trinajstić information content (AvgIpc) is 2.78. The largest absolute Gasteiger partial charge is 0.390 e. The van der Waals surface area contributed by atoms with E-state index in [4.69, 9.17) is 0 Å². The lowest BCUT2D eigenvalue weighted by Gasteiger charge is -2.33. The van der Waals surface area contributed by atoms with Gasteiger partial charge in [-0.1, -0.05) is 34.6 Å². The molecule has 0 bridgehead atoms. The summed E-state index contributed by atoms with van der Waals surface area (Å²) in [6.45, 7) is 10.6. The molecule has 0 spiro atoms. The van der Waals surface area contributed by atoms with E-state index in [2.05, 4.69) is 34.6 Å². The summed E-state index contributed by atoms with van der Waals surface area (Å²) in [5, 5.41) is 9.75. The van der Waals surface area contributed by atoms with Crippen LogP contribution in [0.4, 0.5) is 0 Å². The first-order chi connectivity index (χ1) is 7.16. The Morgan fingerprint density at radius 2 is 1.81 bits per heavy atom. The van der Waals surface area contributed by atoms with Crippen LogP contribution in [0.1, 0.15) is 60.3 Å². The van der Waals surface area contributed by atoms with Crippen molar-refractivity contribution in [3.8, 4) is 0 Å². The molecule has 1 unspecified atom stereocenters. The topological polar surface area (TPSA) is 37.3 Å². The average molecular weight is 226 g/mol. The van der Waals surface area contributed by atoms with Crippen LogP contribution in [0.2, 0.25) is 0 Å². The summed E-state index contributed by atoms with van der Waals surface area (Å²) in [6.07, 6.45) is 2.95. The minimum absolute atomic E-state index is 0.0252. The number of Topliss-reactive ketones (excluding diaryl/α,β-unsaturated/α-hetero) is 1. The van der Waals surface area contributed by atoms with Gasteiger partial charge in [0.2, 0.25) is 0 Å². The number of carbonyl (C=O) groups excluding carboxylic acids is 1. The quantitative estimate of drug-likeness (QED) is 0.781. The zero-order valence-corrected chi connectivity index (χ0v) is 11.3. The molecule has 0 heterocycles. The van der Waals surface area contributed by atoms with Crippen LogP contribution in [0.5, 0.6) is 0 Å². The fourth-order valence-corrected chi connectivity index (χ4v) is 2.76. The van der Waals surface area contributed by atoms with Crippen LogP contribution in [0.25, 0.3) is 0 Å². The van der Waals surface area contributed by atoms with Crippen LogP contribution < -0.4 is 0 Å². The third-order valence-corrected chi connectivity index (χ3v) is 3.61. The molecule has 1 aliphatic carbocycles. The van der Waals surface area contributed by atoms with E-state index in [0.717, 1.165) is 12.8 Å². The first-order valence-electron chi connectivity index (χ1n) is 6.41. The van der Waals surface area contributed by atoms with E-state index in [1.54, 1.807) is 0 Å². The maximum atomic E-state index is 12.2. The van der Waals surface area contributed by atoms with Crippen LogP contribution >= 0.6 is 0 Å². The van der Waals surface area contributed by atoms with Crippen molar-refractivity contribution in [1.82, 2.24) is 0 Å². The van der Waals surface area contributed by atoms with Gasteiger partial charge >= 0.3 is 0 Å². The number of aliphatic hydroxyl groups is 1. The number of hydrogen-bond donors (Lipinski definition) is 1. The summed E-state index contributed by atoms with van der Waals surface area (Å²) in [4.78, 5) is 12.2. The molecule has 16 heavy (non-hydrogen) atoms. The van der Waals surface area contributed by atoms with Gasteiger partial charge in [0.15, 0.2) is 0 Å². The molecule has 0 aromatic rings. The third-order valence-electron chi connectivity index (χ3n) is 3.61. The summed E-state index contributed by atoms with van der Waals surface area (Å²) in [7, 11) is 0. The highest BCUT2D eigenvalue weighted by Crippen LogP contribution is 2.41. The van der Waals surface area contributed by atoms with Crippen LogP contribution in [-0.4, -0.2) is 16.5 Å². The summed E-state index contributed by atoms with van der Waals surface area (Å²) < 4.78 is 0. The van der Waals surface area contributed by atoms with Crippen molar-refractivity contribution in [3.63, 3.8) is 0 Å². The van der Waals surface area contributed by atoms with Crippen molar-refractivity contribution in [2.24, 2.45) is 17.3 Å². The lowest BCUT2D eigenvalue weighted by molar-refractivity contribution is -0.128. The molecule has 1 fully saturated rings. The van der Waals surface area contributed by atoms with Gasteiger partial charge in [-0.05, 0) is 30.6 Å². The number of rotatable bonds is 5. The van der Waals surface area contributed by atoms with E-state index in [1.165, 1.54) is 0 Å². The Morgan fingerprint density at radius 1 is 1.31 bits per heavy atom. The zero-order valence-electron chi connectivity index (χ0n) is 11.3. The fraction of sp³-hybridized carbons (Fsp3) is 0.929. The summed E-state index contributed by atoms with van der Waals surface area (Å²) in [5.74, 6) is 0.805. The highest BCUT2D eigenvalue weighted by molar-refractivity contribution is 5.82. The molecule has 0 aromatic carbocycles. The standard InChI is InChI=1S/C14H26O2/c1-10(2)12(13(3,4)5)11(15)6-7-14(16)8-9-14/h10,12,16H,6-9H2,1-5H3. The van der Waals surface area contributed by atoms with Gasteiger partial charge in [-0.15, -0.1) is 0 Å². The zero-order chi connectivity index (χ0) is 12.6. The molecule has 2 heteroatoms. The van der Waals surface area contributed by atoms with Gasteiger partial charge < -0.3 is 5.11 Å². The molecule has 1 aliphatic rings. The first-order valence-corrected chi connectivity index (χ1v) is 6.41. The van der Waals surface area contributed by atoms with Crippen molar-refractivity contribution in [1.29, 1.82) is 0 Å². The van der Waals surface area contributed by atoms with Gasteiger partial charge in [-0.3, -0.25) is 4.79 Å². The molecule has 0 radical (unpaired) electrons. The molecule has 1 rings (SSSR count). The lowest BCUT2D eigenvalue weighted by atomic mass is 9.71. The molecular weight excluding hydrogens is 200 g/mol. The highest BCUT2D eigenvalue weighted by Gasteiger charge is 2.41. The van der Waals surface area contributed by atoms with E-state index >= 15 is 0 Å². The van der Waals surface area contributed by atoms with E-state index in [1.807, 2.05) is 0 Å². The molecule has 0 aliphatic heterocycles. The van der Waals surface area contributed by atoms with E-state index in [9.17, 15) is 9.90 Å². The summed E-state index contributed by atoms with van der Waals surface area (Å²) in [5.41, 5.74) is -0.466. The second-order valence-corrected chi connectivity index (χ2v) is 6.78. The summed E-state index contributed by atoms with van der Waals surface area (Å²) >= 11 is 0. The molecule has 0 saturated heterocycles. The molecule has 1 saturated carbocycles. The summed E-state index contributed by atoms with van der Waals surface area (Å²) in [6, 6.07) is 0. The van der Waals surface area contributed by atoms with Crippen LogP contribution in [0.3, 0.4) is 0 Å². The maximum absolute atomic E-state index is 12.2. The van der Waals surface area contributed by atoms with Gasteiger partial charge in [0, 0.05) is 12.3 Å². The van der Waals surface area contributed by atoms with Crippen molar-refractivity contribution in [3.05, 3.63) is 0 Å². The van der Waals surface area contributed by atoms with E-state index < -0.39 is 5.60 Å². The minimum Gasteiger partial charge on any atom is -0.390 e. The lowest BCUT2D eigenvalue weighted by Crippen LogP contribution is -2.33. The first kappa shape index (κ1) is 13.7. The predicted molar refractivity (Wildman–Crippen MR) is 66.2 cm³/mol. The van der Waals surface area contributed by atoms with Crippen LogP contribution in [-0.2, 0) is 4.79 Å². The van der Waals surface area contributed by atoms with Gasteiger partial charge in [0.1, 0.15) is 5.78 Å². The molecule has 2 nitrogen and oxygen atoms in total. The van der Waals surface area contributed by atoms with Crippen molar-refractivity contribution >= 4 is 5.78 Å². The Balaban J connectivity index is 2.54. The Bertz CT molecular complexity index is 256. The molecular formula is C14H26O2. The Morgan fingerprint density at radius 3 is 2.12 bits per heavy atom. The molecule has 1 atom stereocenters. The number of ketones is 1. The van der Waals surface area contributed by atoms with Crippen molar-refractivity contribution in [2.45, 2.75) is 65.9 Å². The molecule has 1 N–H and O–H groups in total. The van der Waals surface area contributed by atoms with Gasteiger partial charge in [0.05, 0.1) is 5.60 Å². The van der Waals surface area contributed by atoms with Gasteiger partial charge in [0.25, 0.3) is 0 Å². The second-order valence-electron chi connectivity index (χ2n) is 6.78. The van der Waals surface area contributed by atoms with Crippen molar-refractivity contribution in [2.75, 3.05) is 0 Å². The third kappa shape index (κ3) is 3.58. The molecule has 94 valence electrons. The van der Waals surface area contributed by atoms with Crippen molar-refractivity contribution < 1.29 is 9.90 Å². The van der Waals surface area contributed by atoms with Gasteiger partial charge in [-0.2, -0.15) is 0 Å². The Hall–Kier alpha value is -0.370.